The van der Waals surface area contributed by atoms with Crippen LogP contribution in [0.2, 0.25) is 0 Å². The topological polar surface area (TPSA) is 8.81 Å². The van der Waals surface area contributed by atoms with Gasteiger partial charge in [-0.2, -0.15) is 0 Å². The molecule has 0 bridgehead atoms. The summed E-state index contributed by atoms with van der Waals surface area (Å²) in [6.45, 7) is 3.20. The molecule has 1 fully saturated rings. The third-order valence-corrected chi connectivity index (χ3v) is 8.37. The van der Waals surface area contributed by atoms with Crippen LogP contribution in [0, 0.1) is 44.9 Å². The maximum absolute atomic E-state index is 4.85. The molecular formula is C31H32Cl3N2PRu. The second-order valence-corrected chi connectivity index (χ2v) is 13.1. The number of nitrogens with zero attached hydrogens (tertiary/aromatic N) is 2. The van der Waals surface area contributed by atoms with Gasteiger partial charge in [0.15, 0.2) is 0 Å². The smallest absolute Gasteiger partial charge is 0.0134 e. The zero-order valence-electron chi connectivity index (χ0n) is 21.4. The van der Waals surface area contributed by atoms with Crippen molar-refractivity contribution in [1.82, 2.24) is 4.57 Å². The maximum atomic E-state index is 4.85. The molecule has 0 N–H and O–H groups in total. The molecule has 0 amide bonds. The van der Waals surface area contributed by atoms with E-state index in [-0.39, 0.29) is 27.6 Å². The van der Waals surface area contributed by atoms with Crippen molar-refractivity contribution in [3.05, 3.63) is 147 Å². The van der Waals surface area contributed by atoms with Crippen LogP contribution in [-0.2, 0) is 28.7 Å². The van der Waals surface area contributed by atoms with E-state index < -0.39 is 7.92 Å². The second-order valence-electron chi connectivity index (χ2n) is 8.28. The van der Waals surface area contributed by atoms with Crippen LogP contribution in [-0.4, -0.2) is 4.57 Å². The number of halogens is 3. The number of hydrogen-bond donors (Lipinski definition) is 0. The Morgan fingerprint density at radius 3 is 1.53 bits per heavy atom. The number of benzene rings is 3. The van der Waals surface area contributed by atoms with Crippen molar-refractivity contribution in [1.29, 1.82) is 0 Å². The van der Waals surface area contributed by atoms with E-state index in [1.165, 1.54) is 27.7 Å². The molecule has 1 heterocycles. The van der Waals surface area contributed by atoms with E-state index in [9.17, 15) is 0 Å². The van der Waals surface area contributed by atoms with E-state index in [1.54, 1.807) is 0 Å². The summed E-state index contributed by atoms with van der Waals surface area (Å²) in [6.07, 6.45) is 15.9. The Labute approximate surface area is 252 Å². The second kappa shape index (κ2) is 19.0. The summed E-state index contributed by atoms with van der Waals surface area (Å²) in [7, 11) is 11.3. The number of aromatic nitrogens is 2. The Balaban J connectivity index is 0.000000242. The molecule has 1 aliphatic rings. The van der Waals surface area contributed by atoms with Gasteiger partial charge in [-0.25, -0.2) is 9.13 Å². The fourth-order valence-electron chi connectivity index (χ4n) is 3.91. The third kappa shape index (κ3) is 10.8. The van der Waals surface area contributed by atoms with Gasteiger partial charge in [0.05, 0.1) is 13.6 Å². The number of rotatable bonds is 6. The predicted molar refractivity (Wildman–Crippen MR) is 157 cm³/mol. The molecule has 4 aromatic rings. The fraction of sp³-hybridized carbons (Fsp3) is 0.129. The summed E-state index contributed by atoms with van der Waals surface area (Å²) >= 11 is -0.346. The first-order chi connectivity index (χ1) is 18.1. The molecule has 7 heteroatoms. The molecule has 1 aromatic heterocycles. The first-order valence-electron chi connectivity index (χ1n) is 12.0. The quantitative estimate of drug-likeness (QED) is 0.169. The Bertz CT molecular complexity index is 1040. The van der Waals surface area contributed by atoms with E-state index in [1.807, 2.05) is 0 Å². The Morgan fingerprint density at radius 2 is 1.16 bits per heavy atom. The van der Waals surface area contributed by atoms with Crippen molar-refractivity contribution in [2.45, 2.75) is 19.9 Å². The van der Waals surface area contributed by atoms with Gasteiger partial charge in [-0.1, -0.05) is 91.0 Å². The normalized spacial score (nSPS) is 13.1. The molecule has 5 rings (SSSR count). The van der Waals surface area contributed by atoms with Gasteiger partial charge in [0.2, 0.25) is 0 Å². The summed E-state index contributed by atoms with van der Waals surface area (Å²) in [5.74, 6) is 2.69. The minimum absolute atomic E-state index is 0. The molecule has 2 nitrogen and oxygen atoms in total. The van der Waals surface area contributed by atoms with Crippen molar-refractivity contribution < 1.29 is 32.1 Å². The van der Waals surface area contributed by atoms with Gasteiger partial charge < -0.3 is 12.4 Å². The molecule has 0 atom stereocenters. The standard InChI is InChI=1S/C18H15P.C13H17N2.3ClH.Ru/c1-4-10-16(11-5-1)19(17-12-6-2-7-13-17)18-14-8-3-9-15-18;1-12-14(2)10-11-15(12)9-8-13-6-4-3-5-7-13;;;;/h1-15H;3-7,10-11H,8-9H2,1-2H3;3*1H;/q;+1;;;;+2/p-3. The van der Waals surface area contributed by atoms with E-state index >= 15 is 0 Å². The van der Waals surface area contributed by atoms with Crippen LogP contribution in [0.3, 0.4) is 0 Å². The van der Waals surface area contributed by atoms with Gasteiger partial charge in [-0.3, -0.25) is 0 Å². The van der Waals surface area contributed by atoms with Crippen molar-refractivity contribution >= 4 is 43.2 Å². The van der Waals surface area contributed by atoms with Crippen LogP contribution in [0.4, 0.5) is 0 Å². The van der Waals surface area contributed by atoms with Crippen molar-refractivity contribution in [2.24, 2.45) is 7.05 Å². The Hall–Kier alpha value is -1.21. The number of hydrogen-bond acceptors (Lipinski definition) is 0. The van der Waals surface area contributed by atoms with Crippen LogP contribution in [0.1, 0.15) is 12.2 Å². The molecule has 1 aliphatic carbocycles. The molecule has 0 unspecified atom stereocenters. The summed E-state index contributed by atoms with van der Waals surface area (Å²) < 4.78 is 4.43. The molecule has 1 saturated carbocycles. The third-order valence-electron chi connectivity index (χ3n) is 5.92. The van der Waals surface area contributed by atoms with E-state index in [0.717, 1.165) is 13.0 Å². The van der Waals surface area contributed by atoms with Gasteiger partial charge in [0.1, 0.15) is 12.4 Å². The summed E-state index contributed by atoms with van der Waals surface area (Å²) in [5, 5.41) is 4.19. The van der Waals surface area contributed by atoms with Crippen LogP contribution in [0.5, 0.6) is 0 Å². The fourth-order valence-corrected chi connectivity index (χ4v) is 6.21. The minimum Gasteiger partial charge on any atom is -0.0622 e. The van der Waals surface area contributed by atoms with Gasteiger partial charge >= 0.3 is 34.5 Å². The molecule has 0 spiro atoms. The summed E-state index contributed by atoms with van der Waals surface area (Å²) in [6, 6.07) is 32.3. The minimum atomic E-state index is -0.446. The average Bonchev–Trinajstić information content (AvgIpc) is 3.28. The van der Waals surface area contributed by atoms with Crippen molar-refractivity contribution in [2.75, 3.05) is 0 Å². The van der Waals surface area contributed by atoms with Gasteiger partial charge in [-0.05, 0) is 68.3 Å². The molecule has 38 heavy (non-hydrogen) atoms. The largest absolute Gasteiger partial charge is 0.0622 e. The van der Waals surface area contributed by atoms with Crippen LogP contribution >= 0.6 is 27.3 Å². The molecule has 0 saturated heterocycles. The predicted octanol–water partition coefficient (Wildman–Crippen LogP) is 3.45. The van der Waals surface area contributed by atoms with Crippen LogP contribution < -0.4 is 32.9 Å². The Kier molecular flexibility index (Phi) is 16.5. The molecule has 200 valence electrons. The summed E-state index contributed by atoms with van der Waals surface area (Å²) in [4.78, 5) is 0. The maximum Gasteiger partial charge on any atom is -0.0134 e. The van der Waals surface area contributed by atoms with Crippen molar-refractivity contribution in [3.63, 3.8) is 0 Å². The Morgan fingerprint density at radius 1 is 0.737 bits per heavy atom. The van der Waals surface area contributed by atoms with Crippen LogP contribution in [0.25, 0.3) is 0 Å². The molecule has 6 radical (unpaired) electrons. The SMILES string of the molecule is Cc1n(CC[C]2[CH][CH][CH][CH][CH]2)cc[n+]1C.[Cl-].[Cl][Ru][Cl].c1ccc(P(c2ccccc2)c2ccccc2)cc1. The number of imidazole rings is 1. The van der Waals surface area contributed by atoms with Gasteiger partial charge in [0, 0.05) is 6.92 Å². The van der Waals surface area contributed by atoms with E-state index in [0.29, 0.717) is 0 Å². The zero-order valence-corrected chi connectivity index (χ0v) is 26.3. The van der Waals surface area contributed by atoms with E-state index in [4.69, 9.17) is 19.4 Å². The van der Waals surface area contributed by atoms with Gasteiger partial charge in [-0.15, -0.1) is 0 Å². The van der Waals surface area contributed by atoms with Crippen molar-refractivity contribution in [3.8, 4) is 0 Å². The zero-order chi connectivity index (χ0) is 26.3. The number of aryl methyl sites for hydroxylation is 2. The van der Waals surface area contributed by atoms with Crippen LogP contribution in [0.15, 0.2) is 103 Å². The van der Waals surface area contributed by atoms with E-state index in [2.05, 4.69) is 159 Å². The van der Waals surface area contributed by atoms with Gasteiger partial charge in [0.25, 0.3) is 5.82 Å². The summed E-state index contributed by atoms with van der Waals surface area (Å²) in [5.41, 5.74) is 0. The first-order valence-corrected chi connectivity index (χ1v) is 17.8. The average molecular weight is 671 g/mol. The molecule has 0 aliphatic heterocycles. The first kappa shape index (κ1) is 33.0. The molecular weight excluding hydrogens is 639 g/mol. The molecule has 3 aromatic carbocycles. The monoisotopic (exact) mass is 670 g/mol.